The number of hydrogen-bond acceptors (Lipinski definition) is 5. The maximum atomic E-state index is 12.9. The molecule has 0 spiro atoms. The summed E-state index contributed by atoms with van der Waals surface area (Å²) in [6, 6.07) is 7.68. The second-order valence-corrected chi connectivity index (χ2v) is 6.67. The molecule has 3 rings (SSSR count). The summed E-state index contributed by atoms with van der Waals surface area (Å²) in [6.45, 7) is 4.28. The molecule has 1 aliphatic rings. The third-order valence-electron chi connectivity index (χ3n) is 4.85. The van der Waals surface area contributed by atoms with Gasteiger partial charge in [-0.15, -0.1) is 0 Å². The predicted molar refractivity (Wildman–Crippen MR) is 106 cm³/mol. The van der Waals surface area contributed by atoms with Crippen molar-refractivity contribution in [2.24, 2.45) is 0 Å². The average Bonchev–Trinajstić information content (AvgIpc) is 2.72. The van der Waals surface area contributed by atoms with Gasteiger partial charge in [-0.2, -0.15) is 0 Å². The van der Waals surface area contributed by atoms with E-state index in [0.29, 0.717) is 24.4 Å². The van der Waals surface area contributed by atoms with Crippen LogP contribution in [-0.4, -0.2) is 43.1 Å². The Morgan fingerprint density at radius 1 is 1.19 bits per heavy atom. The highest BCUT2D eigenvalue weighted by Crippen LogP contribution is 2.33. The van der Waals surface area contributed by atoms with Gasteiger partial charge in [0.2, 0.25) is 0 Å². The smallest absolute Gasteiger partial charge is 0.255 e. The second-order valence-electron chi connectivity index (χ2n) is 6.67. The molecule has 0 saturated carbocycles. The number of unbranched alkanes of at least 4 members (excludes halogenated alkanes) is 1. The third kappa shape index (κ3) is 4.32. The number of carbonyl (C=O) groups excluding carboxylic acids is 1. The lowest BCUT2D eigenvalue weighted by Crippen LogP contribution is -2.36. The van der Waals surface area contributed by atoms with Gasteiger partial charge in [0.25, 0.3) is 5.91 Å². The highest BCUT2D eigenvalue weighted by atomic mass is 16.5. The number of pyridine rings is 1. The zero-order valence-electron chi connectivity index (χ0n) is 16.2. The van der Waals surface area contributed by atoms with E-state index in [9.17, 15) is 4.79 Å². The second kappa shape index (κ2) is 8.75. The molecular formula is C21H27N3O3. The molecule has 6 nitrogen and oxygen atoms in total. The average molecular weight is 369 g/mol. The number of nitrogens with one attached hydrogen (secondary N) is 1. The minimum Gasteiger partial charge on any atom is -0.493 e. The molecule has 0 radical (unpaired) electrons. The number of methoxy groups -OCH3 is 2. The van der Waals surface area contributed by atoms with Crippen LogP contribution in [0.4, 0.5) is 5.82 Å². The lowest BCUT2D eigenvalue weighted by molar-refractivity contribution is 0.0734. The summed E-state index contributed by atoms with van der Waals surface area (Å²) in [5.41, 5.74) is 2.91. The maximum Gasteiger partial charge on any atom is 0.255 e. The molecule has 0 aliphatic carbocycles. The minimum atomic E-state index is 0.00282. The first-order chi connectivity index (χ1) is 13.2. The molecule has 0 atom stereocenters. The van der Waals surface area contributed by atoms with Crippen LogP contribution >= 0.6 is 0 Å². The van der Waals surface area contributed by atoms with Crippen molar-refractivity contribution < 1.29 is 14.3 Å². The van der Waals surface area contributed by atoms with Crippen molar-refractivity contribution in [2.75, 3.05) is 32.6 Å². The van der Waals surface area contributed by atoms with Crippen LogP contribution in [-0.2, 0) is 13.0 Å². The predicted octanol–water partition coefficient (Wildman–Crippen LogP) is 3.51. The zero-order valence-corrected chi connectivity index (χ0v) is 16.2. The van der Waals surface area contributed by atoms with Gasteiger partial charge in [0, 0.05) is 25.8 Å². The van der Waals surface area contributed by atoms with Gasteiger partial charge in [-0.3, -0.25) is 4.79 Å². The standard InChI is InChI=1S/C21H27N3O3/c1-4-5-9-22-20-7-6-16(13-23-20)21(25)24-10-8-15-11-18(26-2)19(27-3)12-17(15)14-24/h6-7,11-13H,4-5,8-10,14H2,1-3H3,(H,22,23). The summed E-state index contributed by atoms with van der Waals surface area (Å²) in [7, 11) is 3.26. The Bertz CT molecular complexity index is 790. The van der Waals surface area contributed by atoms with Crippen LogP contribution in [0.25, 0.3) is 0 Å². The number of aromatic nitrogens is 1. The van der Waals surface area contributed by atoms with Crippen LogP contribution in [0, 0.1) is 0 Å². The van der Waals surface area contributed by atoms with E-state index in [2.05, 4.69) is 17.2 Å². The molecule has 0 fully saturated rings. The lowest BCUT2D eigenvalue weighted by Gasteiger charge is -2.29. The van der Waals surface area contributed by atoms with Gasteiger partial charge in [0.1, 0.15) is 5.82 Å². The Hall–Kier alpha value is -2.76. The van der Waals surface area contributed by atoms with Gasteiger partial charge in [-0.05, 0) is 48.2 Å². The largest absolute Gasteiger partial charge is 0.493 e. The number of fused-ring (bicyclic) bond motifs is 1. The Kier molecular flexibility index (Phi) is 6.16. The van der Waals surface area contributed by atoms with Crippen LogP contribution < -0.4 is 14.8 Å². The summed E-state index contributed by atoms with van der Waals surface area (Å²) < 4.78 is 10.8. The van der Waals surface area contributed by atoms with Gasteiger partial charge in [-0.1, -0.05) is 13.3 Å². The lowest BCUT2D eigenvalue weighted by atomic mass is 9.98. The van der Waals surface area contributed by atoms with Crippen molar-refractivity contribution in [1.82, 2.24) is 9.88 Å². The summed E-state index contributed by atoms with van der Waals surface area (Å²) in [5, 5.41) is 3.27. The molecule has 2 heterocycles. The maximum absolute atomic E-state index is 12.9. The van der Waals surface area contributed by atoms with Gasteiger partial charge in [0.05, 0.1) is 19.8 Å². The summed E-state index contributed by atoms with van der Waals surface area (Å²) >= 11 is 0. The van der Waals surface area contributed by atoms with E-state index in [-0.39, 0.29) is 5.91 Å². The molecule has 144 valence electrons. The molecule has 1 aliphatic heterocycles. The van der Waals surface area contributed by atoms with E-state index in [1.54, 1.807) is 20.4 Å². The summed E-state index contributed by atoms with van der Waals surface area (Å²) in [6.07, 6.45) is 4.69. The van der Waals surface area contributed by atoms with E-state index in [0.717, 1.165) is 42.9 Å². The van der Waals surface area contributed by atoms with Crippen LogP contribution in [0.1, 0.15) is 41.3 Å². The quantitative estimate of drug-likeness (QED) is 0.757. The van der Waals surface area contributed by atoms with Crippen molar-refractivity contribution in [2.45, 2.75) is 32.7 Å². The molecule has 1 aromatic carbocycles. The van der Waals surface area contributed by atoms with E-state index >= 15 is 0 Å². The van der Waals surface area contributed by atoms with E-state index < -0.39 is 0 Å². The van der Waals surface area contributed by atoms with E-state index in [1.165, 1.54) is 5.56 Å². The molecule has 1 N–H and O–H groups in total. The zero-order chi connectivity index (χ0) is 19.2. The Morgan fingerprint density at radius 2 is 1.93 bits per heavy atom. The van der Waals surface area contributed by atoms with E-state index in [1.807, 2.05) is 29.2 Å². The van der Waals surface area contributed by atoms with E-state index in [4.69, 9.17) is 9.47 Å². The Labute approximate surface area is 160 Å². The monoisotopic (exact) mass is 369 g/mol. The molecule has 6 heteroatoms. The Morgan fingerprint density at radius 3 is 2.56 bits per heavy atom. The van der Waals surface area contributed by atoms with Crippen molar-refractivity contribution in [3.05, 3.63) is 47.2 Å². The first-order valence-electron chi connectivity index (χ1n) is 9.39. The van der Waals surface area contributed by atoms with Crippen molar-refractivity contribution in [1.29, 1.82) is 0 Å². The van der Waals surface area contributed by atoms with Crippen molar-refractivity contribution >= 4 is 11.7 Å². The number of carbonyl (C=O) groups is 1. The number of anilines is 1. The van der Waals surface area contributed by atoms with Crippen LogP contribution in [0.5, 0.6) is 11.5 Å². The molecule has 1 aromatic heterocycles. The first-order valence-corrected chi connectivity index (χ1v) is 9.39. The van der Waals surface area contributed by atoms with Gasteiger partial charge >= 0.3 is 0 Å². The van der Waals surface area contributed by atoms with Crippen molar-refractivity contribution in [3.8, 4) is 11.5 Å². The highest BCUT2D eigenvalue weighted by molar-refractivity contribution is 5.94. The van der Waals surface area contributed by atoms with Gasteiger partial charge in [0.15, 0.2) is 11.5 Å². The number of rotatable bonds is 7. The molecule has 0 unspecified atom stereocenters. The Balaban J connectivity index is 1.70. The van der Waals surface area contributed by atoms with Crippen LogP contribution in [0.15, 0.2) is 30.5 Å². The number of nitrogens with zero attached hydrogens (tertiary/aromatic N) is 2. The molecule has 27 heavy (non-hydrogen) atoms. The molecule has 0 saturated heterocycles. The number of ether oxygens (including phenoxy) is 2. The summed E-state index contributed by atoms with van der Waals surface area (Å²) in [4.78, 5) is 19.1. The highest BCUT2D eigenvalue weighted by Gasteiger charge is 2.24. The summed E-state index contributed by atoms with van der Waals surface area (Å²) in [5.74, 6) is 2.23. The normalized spacial score (nSPS) is 13.1. The number of amides is 1. The molecular weight excluding hydrogens is 342 g/mol. The first kappa shape index (κ1) is 19.0. The fourth-order valence-electron chi connectivity index (χ4n) is 3.26. The van der Waals surface area contributed by atoms with Gasteiger partial charge in [-0.25, -0.2) is 4.98 Å². The van der Waals surface area contributed by atoms with Crippen LogP contribution in [0.2, 0.25) is 0 Å². The fourth-order valence-corrected chi connectivity index (χ4v) is 3.26. The molecule has 1 amide bonds. The van der Waals surface area contributed by atoms with Gasteiger partial charge < -0.3 is 19.7 Å². The van der Waals surface area contributed by atoms with Crippen molar-refractivity contribution in [3.63, 3.8) is 0 Å². The minimum absolute atomic E-state index is 0.00282. The fraction of sp³-hybridized carbons (Fsp3) is 0.429. The molecule has 0 bridgehead atoms. The number of benzene rings is 1. The SMILES string of the molecule is CCCCNc1ccc(C(=O)N2CCc3cc(OC)c(OC)cc3C2)cn1. The van der Waals surface area contributed by atoms with Crippen LogP contribution in [0.3, 0.4) is 0 Å². The third-order valence-corrected chi connectivity index (χ3v) is 4.85. The molecule has 2 aromatic rings. The topological polar surface area (TPSA) is 63.7 Å². The number of hydrogen-bond donors (Lipinski definition) is 1.